The van der Waals surface area contributed by atoms with E-state index in [1.165, 1.54) is 39.3 Å². The number of aryl methyl sites for hydroxylation is 4. The molecule has 206 valence electrons. The van der Waals surface area contributed by atoms with Crippen LogP contribution in [0.5, 0.6) is 11.5 Å². The van der Waals surface area contributed by atoms with Gasteiger partial charge in [0.25, 0.3) is 0 Å². The van der Waals surface area contributed by atoms with Crippen LogP contribution in [0, 0.1) is 34.6 Å². The fourth-order valence-electron chi connectivity index (χ4n) is 5.93. The third-order valence-electron chi connectivity index (χ3n) is 7.72. The molecular formula is C35H34N4OS. The van der Waals surface area contributed by atoms with Crippen LogP contribution < -0.4 is 15.0 Å². The van der Waals surface area contributed by atoms with Crippen LogP contribution >= 0.6 is 12.2 Å². The molecule has 6 heteroatoms. The lowest BCUT2D eigenvalue weighted by atomic mass is 9.96. The van der Waals surface area contributed by atoms with E-state index in [2.05, 4.69) is 104 Å². The maximum absolute atomic E-state index is 6.11. The van der Waals surface area contributed by atoms with Crippen LogP contribution in [0.25, 0.3) is 5.69 Å². The zero-order valence-corrected chi connectivity index (χ0v) is 24.9. The molecule has 2 atom stereocenters. The van der Waals surface area contributed by atoms with E-state index in [1.807, 2.05) is 42.6 Å². The molecule has 1 N–H and O–H groups in total. The van der Waals surface area contributed by atoms with Crippen LogP contribution in [0.2, 0.25) is 0 Å². The van der Waals surface area contributed by atoms with Crippen molar-refractivity contribution in [3.05, 3.63) is 137 Å². The van der Waals surface area contributed by atoms with Gasteiger partial charge in [-0.05, 0) is 130 Å². The molecule has 5 aromatic rings. The van der Waals surface area contributed by atoms with Gasteiger partial charge in [0.05, 0.1) is 17.8 Å². The minimum absolute atomic E-state index is 0.0906. The molecule has 6 rings (SSSR count). The Morgan fingerprint density at radius 3 is 2.02 bits per heavy atom. The number of ether oxygens (including phenoxy) is 1. The summed E-state index contributed by atoms with van der Waals surface area (Å²) in [4.78, 5) is 6.95. The van der Waals surface area contributed by atoms with Crippen LogP contribution in [-0.2, 0) is 0 Å². The second kappa shape index (κ2) is 10.9. The number of nitrogens with zero attached hydrogens (tertiary/aromatic N) is 3. The van der Waals surface area contributed by atoms with Gasteiger partial charge in [0.15, 0.2) is 5.11 Å². The first kappa shape index (κ1) is 26.8. The molecule has 0 saturated carbocycles. The molecule has 0 bridgehead atoms. The molecule has 3 aromatic carbocycles. The highest BCUT2D eigenvalue weighted by Crippen LogP contribution is 2.44. The average molecular weight is 559 g/mol. The SMILES string of the molecule is Cc1ccc(Oc2ccc(N3C(=S)N[C@H](c4ccccn4)[C@@H]3c3cc(C)n(-c4cc(C)cc(C)c4)c3C)cc2)cc1. The van der Waals surface area contributed by atoms with Crippen molar-refractivity contribution in [3.8, 4) is 17.2 Å². The summed E-state index contributed by atoms with van der Waals surface area (Å²) < 4.78 is 8.46. The first-order valence-electron chi connectivity index (χ1n) is 13.9. The topological polar surface area (TPSA) is 42.3 Å². The summed E-state index contributed by atoms with van der Waals surface area (Å²) in [6.45, 7) is 10.7. The van der Waals surface area contributed by atoms with Gasteiger partial charge in [0.2, 0.25) is 0 Å². The first-order valence-corrected chi connectivity index (χ1v) is 14.3. The third-order valence-corrected chi connectivity index (χ3v) is 8.04. The van der Waals surface area contributed by atoms with Crippen molar-refractivity contribution in [2.24, 2.45) is 0 Å². The van der Waals surface area contributed by atoms with Crippen molar-refractivity contribution in [3.63, 3.8) is 0 Å². The zero-order chi connectivity index (χ0) is 28.7. The molecule has 1 saturated heterocycles. The van der Waals surface area contributed by atoms with E-state index in [4.69, 9.17) is 21.9 Å². The number of pyridine rings is 1. The molecule has 5 nitrogen and oxygen atoms in total. The third kappa shape index (κ3) is 5.23. The maximum atomic E-state index is 6.11. The fraction of sp³-hybridized carbons (Fsp3) is 0.200. The van der Waals surface area contributed by atoms with Crippen molar-refractivity contribution in [2.75, 3.05) is 4.90 Å². The number of hydrogen-bond donors (Lipinski definition) is 1. The Labute approximate surface area is 247 Å². The number of aromatic nitrogens is 2. The summed E-state index contributed by atoms with van der Waals surface area (Å²) in [5.74, 6) is 1.59. The second-order valence-electron chi connectivity index (χ2n) is 10.9. The molecule has 2 aromatic heterocycles. The normalized spacial score (nSPS) is 16.6. The molecule has 0 radical (unpaired) electrons. The van der Waals surface area contributed by atoms with Gasteiger partial charge in [-0.1, -0.05) is 29.8 Å². The Bertz CT molecular complexity index is 1690. The van der Waals surface area contributed by atoms with Crippen LogP contribution in [0.4, 0.5) is 5.69 Å². The van der Waals surface area contributed by atoms with Crippen molar-refractivity contribution < 1.29 is 4.74 Å². The Hall–Kier alpha value is -4.42. The Balaban J connectivity index is 1.41. The molecule has 1 fully saturated rings. The summed E-state index contributed by atoms with van der Waals surface area (Å²) in [5.41, 5.74) is 10.4. The number of benzene rings is 3. The van der Waals surface area contributed by atoms with E-state index < -0.39 is 0 Å². The molecule has 3 heterocycles. The Kier molecular flexibility index (Phi) is 7.10. The average Bonchev–Trinajstić information content (AvgIpc) is 3.45. The molecule has 1 aliphatic rings. The van der Waals surface area contributed by atoms with E-state index in [9.17, 15) is 0 Å². The second-order valence-corrected chi connectivity index (χ2v) is 11.3. The monoisotopic (exact) mass is 558 g/mol. The first-order chi connectivity index (χ1) is 19.8. The molecule has 1 aliphatic heterocycles. The van der Waals surface area contributed by atoms with Crippen molar-refractivity contribution in [1.82, 2.24) is 14.9 Å². The van der Waals surface area contributed by atoms with E-state index in [-0.39, 0.29) is 12.1 Å². The van der Waals surface area contributed by atoms with Crippen LogP contribution in [0.15, 0.2) is 97.2 Å². The summed E-state index contributed by atoms with van der Waals surface area (Å²) in [5, 5.41) is 4.27. The highest BCUT2D eigenvalue weighted by atomic mass is 32.1. The fourth-order valence-corrected chi connectivity index (χ4v) is 6.28. The van der Waals surface area contributed by atoms with Gasteiger partial charge in [-0.25, -0.2) is 0 Å². The minimum Gasteiger partial charge on any atom is -0.457 e. The summed E-state index contributed by atoms with van der Waals surface area (Å²) in [6, 6.07) is 31.1. The van der Waals surface area contributed by atoms with E-state index in [0.717, 1.165) is 22.9 Å². The summed E-state index contributed by atoms with van der Waals surface area (Å²) in [7, 11) is 0. The molecule has 41 heavy (non-hydrogen) atoms. The lowest BCUT2D eigenvalue weighted by molar-refractivity contribution is 0.482. The lowest BCUT2D eigenvalue weighted by Gasteiger charge is -2.28. The Morgan fingerprint density at radius 1 is 0.732 bits per heavy atom. The quantitative estimate of drug-likeness (QED) is 0.212. The van der Waals surface area contributed by atoms with Gasteiger partial charge in [-0.2, -0.15) is 0 Å². The van der Waals surface area contributed by atoms with Crippen molar-refractivity contribution in [1.29, 1.82) is 0 Å². The number of rotatable bonds is 6. The van der Waals surface area contributed by atoms with Crippen molar-refractivity contribution in [2.45, 2.75) is 46.7 Å². The molecule has 0 aliphatic carbocycles. The van der Waals surface area contributed by atoms with E-state index in [0.29, 0.717) is 5.11 Å². The van der Waals surface area contributed by atoms with Crippen LogP contribution in [0.3, 0.4) is 0 Å². The van der Waals surface area contributed by atoms with Gasteiger partial charge in [-0.15, -0.1) is 0 Å². The van der Waals surface area contributed by atoms with Gasteiger partial charge < -0.3 is 19.5 Å². The lowest BCUT2D eigenvalue weighted by Crippen LogP contribution is -2.29. The molecule has 0 amide bonds. The van der Waals surface area contributed by atoms with Gasteiger partial charge in [-0.3, -0.25) is 4.98 Å². The molecule has 0 spiro atoms. The van der Waals surface area contributed by atoms with E-state index in [1.54, 1.807) is 0 Å². The zero-order valence-electron chi connectivity index (χ0n) is 24.1. The summed E-state index contributed by atoms with van der Waals surface area (Å²) in [6.07, 6.45) is 1.84. The van der Waals surface area contributed by atoms with Crippen LogP contribution in [-0.4, -0.2) is 14.7 Å². The molecule has 0 unspecified atom stereocenters. The van der Waals surface area contributed by atoms with Crippen LogP contribution in [0.1, 0.15) is 51.4 Å². The maximum Gasteiger partial charge on any atom is 0.174 e. The number of nitrogens with one attached hydrogen (secondary N) is 1. The Morgan fingerprint density at radius 2 is 1.39 bits per heavy atom. The van der Waals surface area contributed by atoms with Gasteiger partial charge >= 0.3 is 0 Å². The van der Waals surface area contributed by atoms with E-state index >= 15 is 0 Å². The molecular weight excluding hydrogens is 524 g/mol. The highest BCUT2D eigenvalue weighted by Gasteiger charge is 2.42. The number of thiocarbonyl (C=S) groups is 1. The largest absolute Gasteiger partial charge is 0.457 e. The van der Waals surface area contributed by atoms with Gasteiger partial charge in [0, 0.05) is 29.0 Å². The minimum atomic E-state index is -0.111. The highest BCUT2D eigenvalue weighted by molar-refractivity contribution is 7.80. The smallest absolute Gasteiger partial charge is 0.174 e. The standard InChI is InChI=1S/C35H34N4OS/c1-22-9-13-29(14-10-22)40-30-15-11-27(12-16-30)39-34(33(37-35(39)41)32-8-6-7-17-36-32)31-21-25(4)38(26(31)5)28-19-23(2)18-24(3)20-28/h6-21,33-34H,1-5H3,(H,37,41)/t33-,34+/m1/s1. The number of hydrogen-bond acceptors (Lipinski definition) is 3. The summed E-state index contributed by atoms with van der Waals surface area (Å²) >= 11 is 5.99. The van der Waals surface area contributed by atoms with Gasteiger partial charge in [0.1, 0.15) is 11.5 Å². The number of anilines is 1. The predicted molar refractivity (Wildman–Crippen MR) is 170 cm³/mol. The van der Waals surface area contributed by atoms with Crippen molar-refractivity contribution >= 4 is 23.0 Å². The predicted octanol–water partition coefficient (Wildman–Crippen LogP) is 8.38.